The van der Waals surface area contributed by atoms with Crippen LogP contribution in [-0.2, 0) is 6.42 Å². The van der Waals surface area contributed by atoms with Crippen LogP contribution < -0.4 is 10.2 Å². The van der Waals surface area contributed by atoms with Gasteiger partial charge in [0, 0.05) is 31.2 Å². The van der Waals surface area contributed by atoms with E-state index in [0.29, 0.717) is 5.69 Å². The normalized spacial score (nSPS) is 13.2. The minimum atomic E-state index is -0.174. The molecule has 4 nitrogen and oxygen atoms in total. The molecule has 2 heterocycles. The molecule has 1 aliphatic rings. The van der Waals surface area contributed by atoms with E-state index in [2.05, 4.69) is 28.3 Å². The molecule has 3 rings (SSSR count). The number of hydrogen-bond acceptors (Lipinski definition) is 3. The van der Waals surface area contributed by atoms with E-state index in [9.17, 15) is 4.79 Å². The maximum absolute atomic E-state index is 12.0. The van der Waals surface area contributed by atoms with Crippen LogP contribution in [0.4, 0.5) is 11.4 Å². The molecule has 1 aliphatic heterocycles. The van der Waals surface area contributed by atoms with Crippen molar-refractivity contribution in [2.45, 2.75) is 6.42 Å². The van der Waals surface area contributed by atoms with Crippen LogP contribution in [-0.4, -0.2) is 24.5 Å². The highest BCUT2D eigenvalue weighted by atomic mass is 16.1. The first kappa shape index (κ1) is 11.7. The number of amides is 1. The number of carbonyl (C=O) groups excluding carboxylic acids is 1. The lowest BCUT2D eigenvalue weighted by Gasteiger charge is -2.12. The van der Waals surface area contributed by atoms with Crippen LogP contribution >= 0.6 is 0 Å². The number of anilines is 2. The minimum Gasteiger partial charge on any atom is -0.374 e. The van der Waals surface area contributed by atoms with Crippen molar-refractivity contribution in [1.29, 1.82) is 0 Å². The summed E-state index contributed by atoms with van der Waals surface area (Å²) in [5, 5.41) is 2.88. The summed E-state index contributed by atoms with van der Waals surface area (Å²) < 4.78 is 0. The molecule has 0 aliphatic carbocycles. The van der Waals surface area contributed by atoms with Crippen molar-refractivity contribution >= 4 is 17.3 Å². The fourth-order valence-corrected chi connectivity index (χ4v) is 2.34. The Morgan fingerprint density at radius 1 is 1.32 bits per heavy atom. The number of fused-ring (bicyclic) bond motifs is 1. The van der Waals surface area contributed by atoms with Gasteiger partial charge in [0.2, 0.25) is 0 Å². The van der Waals surface area contributed by atoms with Crippen LogP contribution in [0.25, 0.3) is 0 Å². The molecule has 19 heavy (non-hydrogen) atoms. The molecule has 96 valence electrons. The molecule has 1 amide bonds. The van der Waals surface area contributed by atoms with Gasteiger partial charge in [-0.1, -0.05) is 6.07 Å². The lowest BCUT2D eigenvalue weighted by Crippen LogP contribution is -2.14. The first-order chi connectivity index (χ1) is 9.24. The summed E-state index contributed by atoms with van der Waals surface area (Å²) in [5.41, 5.74) is 3.78. The zero-order chi connectivity index (χ0) is 13.2. The molecule has 4 heteroatoms. The van der Waals surface area contributed by atoms with Gasteiger partial charge in [-0.15, -0.1) is 0 Å². The fourth-order valence-electron chi connectivity index (χ4n) is 2.34. The van der Waals surface area contributed by atoms with Gasteiger partial charge in [-0.2, -0.15) is 0 Å². The summed E-state index contributed by atoms with van der Waals surface area (Å²) in [7, 11) is 2.08. The number of likely N-dealkylation sites (N-methyl/N-ethyl adjacent to an activating group) is 1. The molecule has 0 atom stereocenters. The Hall–Kier alpha value is -2.36. The Labute approximate surface area is 112 Å². The van der Waals surface area contributed by atoms with Crippen LogP contribution in [0.1, 0.15) is 16.1 Å². The van der Waals surface area contributed by atoms with Crippen LogP contribution in [0, 0.1) is 0 Å². The summed E-state index contributed by atoms with van der Waals surface area (Å²) in [6.07, 6.45) is 2.64. The van der Waals surface area contributed by atoms with E-state index in [0.717, 1.165) is 18.7 Å². The third-order valence-corrected chi connectivity index (χ3v) is 3.36. The Morgan fingerprint density at radius 2 is 2.21 bits per heavy atom. The van der Waals surface area contributed by atoms with E-state index < -0.39 is 0 Å². The van der Waals surface area contributed by atoms with E-state index >= 15 is 0 Å². The predicted octanol–water partition coefficient (Wildman–Crippen LogP) is 2.33. The zero-order valence-corrected chi connectivity index (χ0v) is 10.8. The average molecular weight is 253 g/mol. The van der Waals surface area contributed by atoms with Crippen molar-refractivity contribution < 1.29 is 4.79 Å². The summed E-state index contributed by atoms with van der Waals surface area (Å²) >= 11 is 0. The maximum atomic E-state index is 12.0. The van der Waals surface area contributed by atoms with E-state index in [4.69, 9.17) is 0 Å². The van der Waals surface area contributed by atoms with Gasteiger partial charge in [-0.3, -0.25) is 9.78 Å². The van der Waals surface area contributed by atoms with Crippen LogP contribution in [0.15, 0.2) is 42.6 Å². The second kappa shape index (κ2) is 4.72. The summed E-state index contributed by atoms with van der Waals surface area (Å²) in [6, 6.07) is 11.3. The molecule has 1 aromatic heterocycles. The Bertz CT molecular complexity index is 610. The predicted molar refractivity (Wildman–Crippen MR) is 75.6 cm³/mol. The third-order valence-electron chi connectivity index (χ3n) is 3.36. The van der Waals surface area contributed by atoms with E-state index in [1.54, 1.807) is 24.4 Å². The molecule has 0 saturated heterocycles. The number of benzene rings is 1. The Kier molecular flexibility index (Phi) is 2.91. The van der Waals surface area contributed by atoms with Crippen molar-refractivity contribution in [3.8, 4) is 0 Å². The smallest absolute Gasteiger partial charge is 0.274 e. The molecule has 1 aromatic carbocycles. The molecule has 0 unspecified atom stereocenters. The topological polar surface area (TPSA) is 45.2 Å². The maximum Gasteiger partial charge on any atom is 0.274 e. The van der Waals surface area contributed by atoms with Crippen LogP contribution in [0.5, 0.6) is 0 Å². The zero-order valence-electron chi connectivity index (χ0n) is 10.8. The second-order valence-electron chi connectivity index (χ2n) is 4.68. The lowest BCUT2D eigenvalue weighted by molar-refractivity contribution is 0.102. The van der Waals surface area contributed by atoms with E-state index in [-0.39, 0.29) is 5.91 Å². The first-order valence-corrected chi connectivity index (χ1v) is 6.30. The van der Waals surface area contributed by atoms with Crippen LogP contribution in [0.2, 0.25) is 0 Å². The quantitative estimate of drug-likeness (QED) is 0.893. The number of aromatic nitrogens is 1. The molecule has 2 aromatic rings. The van der Waals surface area contributed by atoms with Gasteiger partial charge in [0.1, 0.15) is 5.69 Å². The van der Waals surface area contributed by atoms with Crippen molar-refractivity contribution in [3.05, 3.63) is 53.9 Å². The highest BCUT2D eigenvalue weighted by Gasteiger charge is 2.16. The van der Waals surface area contributed by atoms with E-state index in [1.165, 1.54) is 11.3 Å². The average Bonchev–Trinajstić information content (AvgIpc) is 2.81. The van der Waals surface area contributed by atoms with Crippen molar-refractivity contribution in [2.75, 3.05) is 23.8 Å². The Balaban J connectivity index is 1.80. The molecule has 0 spiro atoms. The van der Waals surface area contributed by atoms with E-state index in [1.807, 2.05) is 12.1 Å². The third kappa shape index (κ3) is 2.29. The van der Waals surface area contributed by atoms with Gasteiger partial charge in [0.15, 0.2) is 0 Å². The standard InChI is InChI=1S/C15H15N3O/c1-18-9-7-11-10-12(5-6-14(11)18)17-15(19)13-4-2-3-8-16-13/h2-6,8,10H,7,9H2,1H3,(H,17,19). The number of nitrogens with zero attached hydrogens (tertiary/aromatic N) is 2. The lowest BCUT2D eigenvalue weighted by atomic mass is 10.1. The van der Waals surface area contributed by atoms with Gasteiger partial charge in [-0.05, 0) is 42.3 Å². The largest absolute Gasteiger partial charge is 0.374 e. The van der Waals surface area contributed by atoms with Gasteiger partial charge < -0.3 is 10.2 Å². The van der Waals surface area contributed by atoms with Crippen LogP contribution in [0.3, 0.4) is 0 Å². The number of nitrogens with one attached hydrogen (secondary N) is 1. The van der Waals surface area contributed by atoms with Crippen molar-refractivity contribution in [1.82, 2.24) is 4.98 Å². The van der Waals surface area contributed by atoms with Gasteiger partial charge in [0.25, 0.3) is 5.91 Å². The number of pyridine rings is 1. The number of rotatable bonds is 2. The fraction of sp³-hybridized carbons (Fsp3) is 0.200. The summed E-state index contributed by atoms with van der Waals surface area (Å²) in [6.45, 7) is 1.03. The van der Waals surface area contributed by atoms with Gasteiger partial charge in [0.05, 0.1) is 0 Å². The molecular weight excluding hydrogens is 238 g/mol. The highest BCUT2D eigenvalue weighted by molar-refractivity contribution is 6.03. The SMILES string of the molecule is CN1CCc2cc(NC(=O)c3ccccn3)ccc21. The number of carbonyl (C=O) groups is 1. The minimum absolute atomic E-state index is 0.174. The molecule has 0 bridgehead atoms. The first-order valence-electron chi connectivity index (χ1n) is 6.30. The van der Waals surface area contributed by atoms with Crippen molar-refractivity contribution in [2.24, 2.45) is 0 Å². The Morgan fingerprint density at radius 3 is 3.00 bits per heavy atom. The van der Waals surface area contributed by atoms with Crippen molar-refractivity contribution in [3.63, 3.8) is 0 Å². The summed E-state index contributed by atoms with van der Waals surface area (Å²) in [5.74, 6) is -0.174. The molecule has 1 N–H and O–H groups in total. The monoisotopic (exact) mass is 253 g/mol. The molecule has 0 fully saturated rings. The van der Waals surface area contributed by atoms with Gasteiger partial charge >= 0.3 is 0 Å². The van der Waals surface area contributed by atoms with Gasteiger partial charge in [-0.25, -0.2) is 0 Å². The second-order valence-corrected chi connectivity index (χ2v) is 4.68. The highest BCUT2D eigenvalue weighted by Crippen LogP contribution is 2.29. The molecule has 0 radical (unpaired) electrons. The number of hydrogen-bond donors (Lipinski definition) is 1. The molecule has 0 saturated carbocycles. The molecular formula is C15H15N3O. The summed E-state index contributed by atoms with van der Waals surface area (Å²) in [4.78, 5) is 18.3.